The molecule has 170 valence electrons. The number of nitrogens with two attached hydrogens (primary N) is 1. The van der Waals surface area contributed by atoms with Gasteiger partial charge >= 0.3 is 0 Å². The Bertz CT molecular complexity index is 1170. The van der Waals surface area contributed by atoms with Gasteiger partial charge in [-0.05, 0) is 55.8 Å². The van der Waals surface area contributed by atoms with Crippen LogP contribution < -0.4 is 11.1 Å². The Morgan fingerprint density at radius 1 is 1.15 bits per heavy atom. The van der Waals surface area contributed by atoms with Gasteiger partial charge in [0.1, 0.15) is 0 Å². The number of amides is 2. The van der Waals surface area contributed by atoms with Gasteiger partial charge in [0.2, 0.25) is 5.91 Å². The Balaban J connectivity index is 1.37. The van der Waals surface area contributed by atoms with Crippen LogP contribution in [0.3, 0.4) is 0 Å². The predicted molar refractivity (Wildman–Crippen MR) is 122 cm³/mol. The van der Waals surface area contributed by atoms with Gasteiger partial charge in [-0.15, -0.1) is 0 Å². The molecule has 0 atom stereocenters. The maximum Gasteiger partial charge on any atom is 0.269 e. The summed E-state index contributed by atoms with van der Waals surface area (Å²) in [5.74, 6) is -0.572. The minimum atomic E-state index is -0.469. The molecule has 10 nitrogen and oxygen atoms in total. The van der Waals surface area contributed by atoms with Crippen molar-refractivity contribution in [1.82, 2.24) is 14.7 Å². The lowest BCUT2D eigenvalue weighted by molar-refractivity contribution is -0.384. The van der Waals surface area contributed by atoms with E-state index < -0.39 is 4.92 Å². The number of carbonyl (C=O) groups excluding carboxylic acids is 2. The quantitative estimate of drug-likeness (QED) is 0.421. The first-order valence-electron chi connectivity index (χ1n) is 10.6. The van der Waals surface area contributed by atoms with Crippen molar-refractivity contribution in [3.8, 4) is 5.69 Å². The summed E-state index contributed by atoms with van der Waals surface area (Å²) in [5.41, 5.74) is 8.11. The van der Waals surface area contributed by atoms with Crippen LogP contribution in [0.5, 0.6) is 0 Å². The number of primary amides is 1. The number of nitro groups is 1. The number of nitro benzene ring substituents is 1. The van der Waals surface area contributed by atoms with Crippen molar-refractivity contribution in [3.05, 3.63) is 82.2 Å². The molecule has 1 fully saturated rings. The third-order valence-electron chi connectivity index (χ3n) is 5.75. The number of nitrogens with zero attached hydrogens (tertiary/aromatic N) is 4. The number of likely N-dealkylation sites (tertiary alicyclic amines) is 1. The Morgan fingerprint density at radius 2 is 1.88 bits per heavy atom. The summed E-state index contributed by atoms with van der Waals surface area (Å²) in [6.07, 6.45) is 4.56. The smallest absolute Gasteiger partial charge is 0.269 e. The van der Waals surface area contributed by atoms with E-state index in [4.69, 9.17) is 5.73 Å². The second kappa shape index (κ2) is 9.61. The van der Waals surface area contributed by atoms with Gasteiger partial charge in [-0.25, -0.2) is 4.68 Å². The van der Waals surface area contributed by atoms with Crippen molar-refractivity contribution < 1.29 is 14.5 Å². The third-order valence-corrected chi connectivity index (χ3v) is 5.75. The number of rotatable bonds is 7. The van der Waals surface area contributed by atoms with Crippen LogP contribution in [0.25, 0.3) is 5.69 Å². The van der Waals surface area contributed by atoms with Crippen LogP contribution in [0.15, 0.2) is 60.9 Å². The topological polar surface area (TPSA) is 136 Å². The highest BCUT2D eigenvalue weighted by Crippen LogP contribution is 2.20. The molecule has 1 aliphatic heterocycles. The maximum absolute atomic E-state index is 12.7. The van der Waals surface area contributed by atoms with E-state index in [1.54, 1.807) is 18.3 Å². The standard InChI is InChI=1S/C23H24N6O4/c24-22(30)17-8-10-27(11-9-17)14-16-2-1-3-19(12-16)26-23(31)18-13-25-28(15-18)20-4-6-21(7-5-20)29(32)33/h1-7,12-13,15,17H,8-11,14H2,(H2,24,30)(H,26,31). The summed E-state index contributed by atoms with van der Waals surface area (Å²) in [7, 11) is 0. The minimum absolute atomic E-state index is 0.0130. The Labute approximate surface area is 190 Å². The molecule has 0 spiro atoms. The fourth-order valence-corrected chi connectivity index (χ4v) is 3.89. The van der Waals surface area contributed by atoms with E-state index in [2.05, 4.69) is 15.3 Å². The number of piperidine rings is 1. The zero-order valence-electron chi connectivity index (χ0n) is 17.9. The molecule has 3 N–H and O–H groups in total. The van der Waals surface area contributed by atoms with Crippen LogP contribution in [0.1, 0.15) is 28.8 Å². The number of hydrogen-bond donors (Lipinski definition) is 2. The molecule has 2 aromatic carbocycles. The molecule has 10 heteroatoms. The van der Waals surface area contributed by atoms with Gasteiger partial charge in [0.15, 0.2) is 0 Å². The third kappa shape index (κ3) is 5.42. The van der Waals surface area contributed by atoms with Crippen molar-refractivity contribution >= 4 is 23.2 Å². The average molecular weight is 448 g/mol. The molecular formula is C23H24N6O4. The molecule has 0 bridgehead atoms. The normalized spacial score (nSPS) is 14.7. The number of anilines is 1. The van der Waals surface area contributed by atoms with Crippen molar-refractivity contribution in [3.63, 3.8) is 0 Å². The highest BCUT2D eigenvalue weighted by atomic mass is 16.6. The Kier molecular flexibility index (Phi) is 6.45. The second-order valence-electron chi connectivity index (χ2n) is 8.05. The lowest BCUT2D eigenvalue weighted by Crippen LogP contribution is -2.38. The van der Waals surface area contributed by atoms with E-state index in [0.717, 1.165) is 38.0 Å². The zero-order valence-corrected chi connectivity index (χ0v) is 17.9. The van der Waals surface area contributed by atoms with Gasteiger partial charge in [-0.1, -0.05) is 12.1 Å². The summed E-state index contributed by atoms with van der Waals surface area (Å²) < 4.78 is 1.49. The molecule has 0 saturated carbocycles. The molecule has 2 amide bonds. The molecular weight excluding hydrogens is 424 g/mol. The molecule has 0 unspecified atom stereocenters. The van der Waals surface area contributed by atoms with Crippen molar-refractivity contribution in [1.29, 1.82) is 0 Å². The van der Waals surface area contributed by atoms with E-state index in [9.17, 15) is 19.7 Å². The second-order valence-corrected chi connectivity index (χ2v) is 8.05. The summed E-state index contributed by atoms with van der Waals surface area (Å²) in [6, 6.07) is 13.6. The number of hydrogen-bond acceptors (Lipinski definition) is 6. The molecule has 1 aliphatic rings. The first kappa shape index (κ1) is 22.2. The molecule has 3 aromatic rings. The van der Waals surface area contributed by atoms with Crippen LogP contribution in [-0.2, 0) is 11.3 Å². The van der Waals surface area contributed by atoms with Gasteiger partial charge < -0.3 is 11.1 Å². The molecule has 4 rings (SSSR count). The summed E-state index contributed by atoms with van der Waals surface area (Å²) in [6.45, 7) is 2.35. The van der Waals surface area contributed by atoms with Crippen molar-refractivity contribution in [2.24, 2.45) is 11.7 Å². The highest BCUT2D eigenvalue weighted by Gasteiger charge is 2.23. The van der Waals surface area contributed by atoms with Crippen molar-refractivity contribution in [2.75, 3.05) is 18.4 Å². The van der Waals surface area contributed by atoms with Crippen LogP contribution in [0, 0.1) is 16.0 Å². The summed E-state index contributed by atoms with van der Waals surface area (Å²) in [5, 5.41) is 17.9. The van der Waals surface area contributed by atoms with Crippen LogP contribution in [0.2, 0.25) is 0 Å². The van der Waals surface area contributed by atoms with Gasteiger partial charge in [-0.3, -0.25) is 24.6 Å². The number of non-ortho nitro benzene ring substituents is 1. The van der Waals surface area contributed by atoms with Gasteiger partial charge in [0, 0.05) is 36.5 Å². The van der Waals surface area contributed by atoms with Gasteiger partial charge in [-0.2, -0.15) is 5.10 Å². The molecule has 33 heavy (non-hydrogen) atoms. The van der Waals surface area contributed by atoms with E-state index >= 15 is 0 Å². The lowest BCUT2D eigenvalue weighted by atomic mass is 9.96. The Hall–Kier alpha value is -4.05. The van der Waals surface area contributed by atoms with E-state index in [1.165, 1.54) is 23.0 Å². The van der Waals surface area contributed by atoms with Crippen LogP contribution in [0.4, 0.5) is 11.4 Å². The van der Waals surface area contributed by atoms with E-state index in [1.807, 2.05) is 24.3 Å². The number of nitrogens with one attached hydrogen (secondary N) is 1. The molecule has 1 aromatic heterocycles. The molecule has 2 heterocycles. The Morgan fingerprint density at radius 3 is 2.55 bits per heavy atom. The SMILES string of the molecule is NC(=O)C1CCN(Cc2cccc(NC(=O)c3cnn(-c4ccc([N+](=O)[O-])cc4)c3)c2)CC1. The van der Waals surface area contributed by atoms with E-state index in [0.29, 0.717) is 16.9 Å². The molecule has 0 radical (unpaired) electrons. The number of aromatic nitrogens is 2. The number of carbonyl (C=O) groups is 2. The van der Waals surface area contributed by atoms with Crippen LogP contribution >= 0.6 is 0 Å². The maximum atomic E-state index is 12.7. The van der Waals surface area contributed by atoms with Crippen LogP contribution in [-0.4, -0.2) is 44.5 Å². The van der Waals surface area contributed by atoms with E-state index in [-0.39, 0.29) is 23.4 Å². The monoisotopic (exact) mass is 448 g/mol. The summed E-state index contributed by atoms with van der Waals surface area (Å²) >= 11 is 0. The van der Waals surface area contributed by atoms with Gasteiger partial charge in [0.25, 0.3) is 11.6 Å². The minimum Gasteiger partial charge on any atom is -0.369 e. The zero-order chi connectivity index (χ0) is 23.4. The molecule has 1 saturated heterocycles. The predicted octanol–water partition coefficient (Wildman–Crippen LogP) is 2.73. The first-order valence-corrected chi connectivity index (χ1v) is 10.6. The van der Waals surface area contributed by atoms with Gasteiger partial charge in [0.05, 0.1) is 22.4 Å². The fraction of sp³-hybridized carbons (Fsp3) is 0.261. The fourth-order valence-electron chi connectivity index (χ4n) is 3.89. The highest BCUT2D eigenvalue weighted by molar-refractivity contribution is 6.04. The lowest BCUT2D eigenvalue weighted by Gasteiger charge is -2.30. The van der Waals surface area contributed by atoms with Crippen molar-refractivity contribution in [2.45, 2.75) is 19.4 Å². The average Bonchev–Trinajstić information content (AvgIpc) is 3.30. The summed E-state index contributed by atoms with van der Waals surface area (Å²) in [4.78, 5) is 36.6. The molecule has 0 aliphatic carbocycles. The largest absolute Gasteiger partial charge is 0.369 e. The number of benzene rings is 2. The first-order chi connectivity index (χ1) is 15.9.